The third-order valence-corrected chi connectivity index (χ3v) is 5.69. The van der Waals surface area contributed by atoms with E-state index in [0.29, 0.717) is 17.2 Å². The van der Waals surface area contributed by atoms with Crippen molar-refractivity contribution in [3.05, 3.63) is 38.0 Å². The van der Waals surface area contributed by atoms with Crippen molar-refractivity contribution in [2.24, 2.45) is 0 Å². The van der Waals surface area contributed by atoms with Gasteiger partial charge in [0.15, 0.2) is 11.5 Å². The molecule has 21 heavy (non-hydrogen) atoms. The zero-order valence-corrected chi connectivity index (χ0v) is 15.4. The predicted octanol–water partition coefficient (Wildman–Crippen LogP) is 5.17. The molecule has 2 rings (SSSR count). The van der Waals surface area contributed by atoms with Crippen molar-refractivity contribution in [1.29, 1.82) is 0 Å². The fraction of sp³-hybridized carbons (Fsp3) is 0.333. The molecule has 0 fully saturated rings. The number of ether oxygens (including phenoxy) is 3. The first-order valence-corrected chi connectivity index (χ1v) is 8.26. The number of aryl methyl sites for hydroxylation is 1. The largest absolute Gasteiger partial charge is 0.496 e. The van der Waals surface area contributed by atoms with Gasteiger partial charge in [0.1, 0.15) is 5.75 Å². The lowest BCUT2D eigenvalue weighted by Gasteiger charge is -2.17. The summed E-state index contributed by atoms with van der Waals surface area (Å²) in [6, 6.07) is 5.71. The number of alkyl halides is 1. The Labute approximate surface area is 141 Å². The maximum atomic E-state index is 6.66. The first-order chi connectivity index (χ1) is 10.0. The molecule has 1 aromatic carbocycles. The van der Waals surface area contributed by atoms with Crippen molar-refractivity contribution in [1.82, 2.24) is 0 Å². The van der Waals surface area contributed by atoms with Crippen LogP contribution < -0.4 is 14.2 Å². The Bertz CT molecular complexity index is 642. The van der Waals surface area contributed by atoms with Gasteiger partial charge in [0.25, 0.3) is 0 Å². The zero-order chi connectivity index (χ0) is 15.6. The fourth-order valence-corrected chi connectivity index (χ4v) is 4.50. The normalized spacial score (nSPS) is 12.1. The van der Waals surface area contributed by atoms with Gasteiger partial charge in [0.2, 0.25) is 0 Å². The van der Waals surface area contributed by atoms with Crippen molar-refractivity contribution in [2.45, 2.75) is 12.3 Å². The Morgan fingerprint density at radius 1 is 1.00 bits per heavy atom. The Hall–Kier alpha value is -0.910. The summed E-state index contributed by atoms with van der Waals surface area (Å²) in [6.45, 7) is 2.05. The van der Waals surface area contributed by atoms with Gasteiger partial charge >= 0.3 is 0 Å². The molecule has 0 spiro atoms. The van der Waals surface area contributed by atoms with E-state index in [0.717, 1.165) is 14.9 Å². The number of hydrogen-bond acceptors (Lipinski definition) is 4. The summed E-state index contributed by atoms with van der Waals surface area (Å²) in [5.41, 5.74) is 0.847. The summed E-state index contributed by atoms with van der Waals surface area (Å²) in [4.78, 5) is 2.24. The summed E-state index contributed by atoms with van der Waals surface area (Å²) in [6.07, 6.45) is 0. The first kappa shape index (κ1) is 16.5. The van der Waals surface area contributed by atoms with Gasteiger partial charge in [0.05, 0.1) is 26.7 Å². The van der Waals surface area contributed by atoms with E-state index >= 15 is 0 Å². The lowest BCUT2D eigenvalue weighted by molar-refractivity contribution is 0.347. The van der Waals surface area contributed by atoms with Crippen molar-refractivity contribution in [2.75, 3.05) is 21.3 Å². The van der Waals surface area contributed by atoms with Crippen LogP contribution in [0.15, 0.2) is 22.7 Å². The van der Waals surface area contributed by atoms with Crippen LogP contribution in [0.2, 0.25) is 0 Å². The molecule has 0 aliphatic carbocycles. The number of hydrogen-bond donors (Lipinski definition) is 0. The van der Waals surface area contributed by atoms with E-state index in [-0.39, 0.29) is 5.38 Å². The molecule has 0 aliphatic heterocycles. The van der Waals surface area contributed by atoms with Gasteiger partial charge in [0, 0.05) is 25.9 Å². The van der Waals surface area contributed by atoms with Crippen molar-refractivity contribution in [3.63, 3.8) is 0 Å². The number of benzene rings is 1. The highest BCUT2D eigenvalue weighted by atomic mass is 79.9. The highest BCUT2D eigenvalue weighted by Gasteiger charge is 2.23. The maximum absolute atomic E-state index is 6.66. The molecule has 2 aromatic rings. The molecular formula is C15H16BrClO3S. The molecule has 1 aromatic heterocycles. The lowest BCUT2D eigenvalue weighted by atomic mass is 10.1. The van der Waals surface area contributed by atoms with Crippen LogP contribution in [-0.4, -0.2) is 21.3 Å². The second-order valence-electron chi connectivity index (χ2n) is 4.38. The molecule has 0 amide bonds. The fourth-order valence-electron chi connectivity index (χ4n) is 2.07. The summed E-state index contributed by atoms with van der Waals surface area (Å²) < 4.78 is 17.1. The van der Waals surface area contributed by atoms with Crippen LogP contribution >= 0.6 is 38.9 Å². The predicted molar refractivity (Wildman–Crippen MR) is 90.6 cm³/mol. The first-order valence-electron chi connectivity index (χ1n) is 6.21. The smallest absolute Gasteiger partial charge is 0.164 e. The van der Waals surface area contributed by atoms with Crippen molar-refractivity contribution >= 4 is 38.9 Å². The van der Waals surface area contributed by atoms with Gasteiger partial charge in [-0.2, -0.15) is 0 Å². The van der Waals surface area contributed by atoms with E-state index in [1.807, 2.05) is 13.0 Å². The third kappa shape index (κ3) is 3.30. The minimum absolute atomic E-state index is 0.326. The van der Waals surface area contributed by atoms with E-state index in [2.05, 4.69) is 22.0 Å². The minimum atomic E-state index is -0.326. The van der Waals surface area contributed by atoms with Gasteiger partial charge in [-0.1, -0.05) is 0 Å². The average molecular weight is 392 g/mol. The standard InChI is InChI=1S/C15H16BrClO3S/c1-8-5-10(16)15(21-8)14(17)9-6-12(19-3)13(20-4)7-11(9)18-2/h5-7,14H,1-4H3. The summed E-state index contributed by atoms with van der Waals surface area (Å²) >= 11 is 11.9. The molecule has 0 N–H and O–H groups in total. The molecule has 0 saturated carbocycles. The molecule has 6 heteroatoms. The topological polar surface area (TPSA) is 27.7 Å². The number of methoxy groups -OCH3 is 3. The van der Waals surface area contributed by atoms with E-state index in [4.69, 9.17) is 25.8 Å². The number of thiophene rings is 1. The third-order valence-electron chi connectivity index (χ3n) is 3.08. The molecule has 1 atom stereocenters. The van der Waals surface area contributed by atoms with E-state index in [9.17, 15) is 0 Å². The highest BCUT2D eigenvalue weighted by Crippen LogP contribution is 2.45. The van der Waals surface area contributed by atoms with Crippen LogP contribution in [-0.2, 0) is 0 Å². The van der Waals surface area contributed by atoms with Crippen LogP contribution in [0.25, 0.3) is 0 Å². The maximum Gasteiger partial charge on any atom is 0.164 e. The van der Waals surface area contributed by atoms with Crippen LogP contribution in [0, 0.1) is 6.92 Å². The SMILES string of the molecule is COc1cc(OC)c(C(Cl)c2sc(C)cc2Br)cc1OC. The molecule has 0 bridgehead atoms. The number of rotatable bonds is 5. The summed E-state index contributed by atoms with van der Waals surface area (Å²) in [5.74, 6) is 1.91. The van der Waals surface area contributed by atoms with Gasteiger partial charge in [-0.15, -0.1) is 22.9 Å². The van der Waals surface area contributed by atoms with Crippen LogP contribution in [0.4, 0.5) is 0 Å². The Balaban J connectivity index is 2.53. The van der Waals surface area contributed by atoms with E-state index in [1.54, 1.807) is 38.7 Å². The van der Waals surface area contributed by atoms with Gasteiger partial charge in [-0.3, -0.25) is 0 Å². The van der Waals surface area contributed by atoms with Gasteiger partial charge in [-0.05, 0) is 35.0 Å². The quantitative estimate of drug-likeness (QED) is 0.658. The van der Waals surface area contributed by atoms with Crippen LogP contribution in [0.5, 0.6) is 17.2 Å². The molecule has 0 saturated heterocycles. The number of halogens is 2. The van der Waals surface area contributed by atoms with Gasteiger partial charge < -0.3 is 14.2 Å². The summed E-state index contributed by atoms with van der Waals surface area (Å²) in [7, 11) is 4.81. The van der Waals surface area contributed by atoms with E-state index in [1.165, 1.54) is 4.88 Å². The Kier molecular flexibility index (Phi) is 5.41. The van der Waals surface area contributed by atoms with Crippen molar-refractivity contribution in [3.8, 4) is 17.2 Å². The van der Waals surface area contributed by atoms with Gasteiger partial charge in [-0.25, -0.2) is 0 Å². The van der Waals surface area contributed by atoms with Crippen LogP contribution in [0.3, 0.4) is 0 Å². The van der Waals surface area contributed by atoms with E-state index < -0.39 is 0 Å². The minimum Gasteiger partial charge on any atom is -0.496 e. The Morgan fingerprint density at radius 2 is 1.57 bits per heavy atom. The average Bonchev–Trinajstić information content (AvgIpc) is 2.83. The highest BCUT2D eigenvalue weighted by molar-refractivity contribution is 9.10. The molecule has 1 unspecified atom stereocenters. The molecular weight excluding hydrogens is 376 g/mol. The Morgan fingerprint density at radius 3 is 2.05 bits per heavy atom. The summed E-state index contributed by atoms with van der Waals surface area (Å²) in [5, 5.41) is -0.326. The molecule has 114 valence electrons. The van der Waals surface area contributed by atoms with Crippen LogP contribution in [0.1, 0.15) is 20.7 Å². The zero-order valence-electron chi connectivity index (χ0n) is 12.2. The second kappa shape index (κ2) is 6.90. The lowest BCUT2D eigenvalue weighted by Crippen LogP contribution is -1.99. The second-order valence-corrected chi connectivity index (χ2v) is 6.96. The molecule has 3 nitrogen and oxygen atoms in total. The molecule has 0 radical (unpaired) electrons. The molecule has 0 aliphatic rings. The van der Waals surface area contributed by atoms with Crippen molar-refractivity contribution < 1.29 is 14.2 Å². The monoisotopic (exact) mass is 390 g/mol. The molecule has 1 heterocycles.